The van der Waals surface area contributed by atoms with E-state index in [-0.39, 0.29) is 18.4 Å². The van der Waals surface area contributed by atoms with E-state index in [4.69, 9.17) is 21.1 Å². The van der Waals surface area contributed by atoms with Crippen LogP contribution in [0.15, 0.2) is 41.5 Å². The summed E-state index contributed by atoms with van der Waals surface area (Å²) in [5.41, 5.74) is 4.23. The molecule has 0 aliphatic carbocycles. The van der Waals surface area contributed by atoms with Crippen LogP contribution in [0.4, 0.5) is 5.69 Å². The number of amides is 3. The minimum atomic E-state index is -0.861. The molecule has 0 spiro atoms. The average Bonchev–Trinajstić information content (AvgIpc) is 2.78. The quantitative estimate of drug-likeness (QED) is 0.293. The standard InChI is InChI=1S/C23H27ClN4O5/c1-14(2)11-25-22(30)23(31)28-26-12-16-6-8-19(20(9-16)32-4)33-13-21(29)27-18-10-17(24)7-5-15(18)3/h5-10,12,14H,11,13H2,1-4H3,(H,25,30)(H,27,29)(H,28,31)/b26-12-. The van der Waals surface area contributed by atoms with Gasteiger partial charge < -0.3 is 20.1 Å². The molecule has 9 nitrogen and oxygen atoms in total. The summed E-state index contributed by atoms with van der Waals surface area (Å²) in [6.07, 6.45) is 1.36. The molecule has 0 atom stereocenters. The second-order valence-electron chi connectivity index (χ2n) is 7.51. The Kier molecular flexibility index (Phi) is 9.68. The highest BCUT2D eigenvalue weighted by Gasteiger charge is 2.13. The van der Waals surface area contributed by atoms with Gasteiger partial charge in [0.05, 0.1) is 13.3 Å². The van der Waals surface area contributed by atoms with Gasteiger partial charge in [-0.2, -0.15) is 5.10 Å². The fourth-order valence-electron chi connectivity index (χ4n) is 2.54. The van der Waals surface area contributed by atoms with Gasteiger partial charge in [-0.1, -0.05) is 31.5 Å². The Labute approximate surface area is 197 Å². The van der Waals surface area contributed by atoms with Crippen LogP contribution in [0.25, 0.3) is 0 Å². The zero-order valence-corrected chi connectivity index (χ0v) is 19.7. The third-order valence-electron chi connectivity index (χ3n) is 4.28. The van der Waals surface area contributed by atoms with Crippen LogP contribution in [-0.4, -0.2) is 44.2 Å². The van der Waals surface area contributed by atoms with Gasteiger partial charge in [-0.05, 0) is 54.3 Å². The van der Waals surface area contributed by atoms with Crippen molar-refractivity contribution >= 4 is 41.2 Å². The second-order valence-corrected chi connectivity index (χ2v) is 7.95. The summed E-state index contributed by atoms with van der Waals surface area (Å²) in [4.78, 5) is 35.6. The van der Waals surface area contributed by atoms with Crippen molar-refractivity contribution < 1.29 is 23.9 Å². The Hall–Kier alpha value is -3.59. The average molecular weight is 475 g/mol. The summed E-state index contributed by atoms with van der Waals surface area (Å²) in [5, 5.41) is 9.54. The molecule has 0 unspecified atom stereocenters. The molecule has 0 radical (unpaired) electrons. The summed E-state index contributed by atoms with van der Waals surface area (Å²) in [6, 6.07) is 10.1. The van der Waals surface area contributed by atoms with Crippen molar-refractivity contribution in [3.8, 4) is 11.5 Å². The van der Waals surface area contributed by atoms with E-state index >= 15 is 0 Å². The molecule has 3 N–H and O–H groups in total. The minimum Gasteiger partial charge on any atom is -0.493 e. The molecule has 10 heteroatoms. The number of rotatable bonds is 9. The van der Waals surface area contributed by atoms with Gasteiger partial charge in [0.25, 0.3) is 5.91 Å². The molecule has 33 heavy (non-hydrogen) atoms. The van der Waals surface area contributed by atoms with Crippen LogP contribution in [0.3, 0.4) is 0 Å². The van der Waals surface area contributed by atoms with Crippen molar-refractivity contribution in [1.29, 1.82) is 0 Å². The Morgan fingerprint density at radius 2 is 1.85 bits per heavy atom. The number of hydrazone groups is 1. The number of aryl methyl sites for hydroxylation is 1. The number of halogens is 1. The van der Waals surface area contributed by atoms with Crippen LogP contribution in [-0.2, 0) is 14.4 Å². The van der Waals surface area contributed by atoms with E-state index in [9.17, 15) is 14.4 Å². The van der Waals surface area contributed by atoms with Crippen molar-refractivity contribution in [2.45, 2.75) is 20.8 Å². The lowest BCUT2D eigenvalue weighted by atomic mass is 10.2. The first-order valence-corrected chi connectivity index (χ1v) is 10.6. The highest BCUT2D eigenvalue weighted by Crippen LogP contribution is 2.27. The highest BCUT2D eigenvalue weighted by atomic mass is 35.5. The van der Waals surface area contributed by atoms with E-state index in [1.165, 1.54) is 13.3 Å². The van der Waals surface area contributed by atoms with Crippen LogP contribution in [0.5, 0.6) is 11.5 Å². The van der Waals surface area contributed by atoms with Gasteiger partial charge in [0, 0.05) is 17.3 Å². The summed E-state index contributed by atoms with van der Waals surface area (Å²) in [5.74, 6) is -1.03. The smallest absolute Gasteiger partial charge is 0.329 e. The molecule has 176 valence electrons. The SMILES string of the molecule is COc1cc(/C=N\NC(=O)C(=O)NCC(C)C)ccc1OCC(=O)Nc1cc(Cl)ccc1C. The van der Waals surface area contributed by atoms with E-state index in [0.717, 1.165) is 5.56 Å². The maximum atomic E-state index is 12.2. The lowest BCUT2D eigenvalue weighted by Gasteiger charge is -2.12. The van der Waals surface area contributed by atoms with E-state index in [1.807, 2.05) is 26.8 Å². The number of hydrogen-bond acceptors (Lipinski definition) is 6. The van der Waals surface area contributed by atoms with E-state index in [2.05, 4.69) is 21.2 Å². The Morgan fingerprint density at radius 1 is 1.09 bits per heavy atom. The number of benzene rings is 2. The number of anilines is 1. The minimum absolute atomic E-state index is 0.227. The molecule has 2 aromatic carbocycles. The number of carbonyl (C=O) groups excluding carboxylic acids is 3. The highest BCUT2D eigenvalue weighted by molar-refractivity contribution is 6.35. The van der Waals surface area contributed by atoms with E-state index in [1.54, 1.807) is 30.3 Å². The molecule has 0 heterocycles. The van der Waals surface area contributed by atoms with Crippen molar-refractivity contribution in [2.75, 3.05) is 25.6 Å². The van der Waals surface area contributed by atoms with Crippen molar-refractivity contribution in [1.82, 2.24) is 10.7 Å². The Balaban J connectivity index is 1.92. The fourth-order valence-corrected chi connectivity index (χ4v) is 2.71. The molecule has 0 aliphatic heterocycles. The van der Waals surface area contributed by atoms with Crippen LogP contribution in [0.1, 0.15) is 25.0 Å². The third-order valence-corrected chi connectivity index (χ3v) is 4.51. The molecular formula is C23H27ClN4O5. The van der Waals surface area contributed by atoms with Crippen LogP contribution in [0.2, 0.25) is 5.02 Å². The predicted octanol–water partition coefficient (Wildman–Crippen LogP) is 2.90. The van der Waals surface area contributed by atoms with Crippen LogP contribution in [0, 0.1) is 12.8 Å². The Morgan fingerprint density at radius 3 is 2.55 bits per heavy atom. The first kappa shape index (κ1) is 25.7. The van der Waals surface area contributed by atoms with Gasteiger partial charge in [-0.25, -0.2) is 5.43 Å². The predicted molar refractivity (Wildman–Crippen MR) is 127 cm³/mol. The second kappa shape index (κ2) is 12.4. The molecule has 0 saturated carbocycles. The maximum Gasteiger partial charge on any atom is 0.329 e. The molecule has 0 aliphatic rings. The molecule has 0 aromatic heterocycles. The number of ether oxygens (including phenoxy) is 2. The maximum absolute atomic E-state index is 12.2. The molecule has 0 fully saturated rings. The van der Waals surface area contributed by atoms with E-state index < -0.39 is 11.8 Å². The topological polar surface area (TPSA) is 118 Å². The lowest BCUT2D eigenvalue weighted by molar-refractivity contribution is -0.139. The molecule has 2 aromatic rings. The summed E-state index contributed by atoms with van der Waals surface area (Å²) in [6.45, 7) is 5.85. The van der Waals surface area contributed by atoms with E-state index in [0.29, 0.717) is 34.3 Å². The lowest BCUT2D eigenvalue weighted by Crippen LogP contribution is -2.39. The number of carbonyl (C=O) groups is 3. The van der Waals surface area contributed by atoms with Gasteiger partial charge in [0.2, 0.25) is 0 Å². The molecule has 0 saturated heterocycles. The number of hydrogen-bond donors (Lipinski definition) is 3. The molecule has 2 rings (SSSR count). The third kappa shape index (κ3) is 8.46. The normalized spacial score (nSPS) is 10.7. The first-order valence-electron chi connectivity index (χ1n) is 10.2. The van der Waals surface area contributed by atoms with Gasteiger partial charge >= 0.3 is 11.8 Å². The van der Waals surface area contributed by atoms with Crippen LogP contribution < -0.4 is 25.5 Å². The van der Waals surface area contributed by atoms with Gasteiger partial charge in [-0.3, -0.25) is 14.4 Å². The summed E-state index contributed by atoms with van der Waals surface area (Å²) in [7, 11) is 1.46. The van der Waals surface area contributed by atoms with Crippen molar-refractivity contribution in [2.24, 2.45) is 11.0 Å². The van der Waals surface area contributed by atoms with Crippen molar-refractivity contribution in [3.05, 3.63) is 52.5 Å². The fraction of sp³-hybridized carbons (Fsp3) is 0.304. The first-order chi connectivity index (χ1) is 15.7. The zero-order valence-electron chi connectivity index (χ0n) is 18.9. The molecule has 3 amide bonds. The summed E-state index contributed by atoms with van der Waals surface area (Å²) < 4.78 is 10.9. The number of nitrogens with zero attached hydrogens (tertiary/aromatic N) is 1. The largest absolute Gasteiger partial charge is 0.493 e. The van der Waals surface area contributed by atoms with Gasteiger partial charge in [0.15, 0.2) is 18.1 Å². The molecule has 0 bridgehead atoms. The Bertz CT molecular complexity index is 1040. The van der Waals surface area contributed by atoms with Gasteiger partial charge in [0.1, 0.15) is 0 Å². The number of nitrogens with one attached hydrogen (secondary N) is 3. The van der Waals surface area contributed by atoms with Crippen LogP contribution >= 0.6 is 11.6 Å². The van der Waals surface area contributed by atoms with Crippen molar-refractivity contribution in [3.63, 3.8) is 0 Å². The monoisotopic (exact) mass is 474 g/mol. The number of methoxy groups -OCH3 is 1. The summed E-state index contributed by atoms with van der Waals surface area (Å²) >= 11 is 5.97. The zero-order chi connectivity index (χ0) is 24.4. The molecular weight excluding hydrogens is 448 g/mol. The van der Waals surface area contributed by atoms with Gasteiger partial charge in [-0.15, -0.1) is 0 Å².